The molecule has 2 aromatic rings. The van der Waals surface area contributed by atoms with Crippen molar-refractivity contribution in [3.8, 4) is 0 Å². The normalized spacial score (nSPS) is 10.3. The molecule has 2 rings (SSSR count). The van der Waals surface area contributed by atoms with Crippen LogP contribution in [0.25, 0.3) is 0 Å². The van der Waals surface area contributed by atoms with Crippen LogP contribution in [0, 0.1) is 6.92 Å². The van der Waals surface area contributed by atoms with Gasteiger partial charge in [0.15, 0.2) is 5.78 Å². The van der Waals surface area contributed by atoms with Crippen LogP contribution in [0.4, 0.5) is 0 Å². The van der Waals surface area contributed by atoms with E-state index in [1.54, 1.807) is 31.2 Å². The zero-order valence-electron chi connectivity index (χ0n) is 13.0. The highest BCUT2D eigenvalue weighted by Gasteiger charge is 2.11. The number of ketones is 1. The van der Waals surface area contributed by atoms with E-state index in [2.05, 4.69) is 6.07 Å². The lowest BCUT2D eigenvalue weighted by atomic mass is 10.0. The molecule has 2 aromatic carbocycles. The third kappa shape index (κ3) is 4.29. The molecule has 114 valence electrons. The smallest absolute Gasteiger partial charge is 0.338 e. The molecule has 0 spiro atoms. The number of Topliss-reactive ketones (excluding diaryl/α,β-unsaturated/α-hetero) is 1. The van der Waals surface area contributed by atoms with Gasteiger partial charge in [-0.05, 0) is 38.0 Å². The van der Waals surface area contributed by atoms with Crippen molar-refractivity contribution in [2.45, 2.75) is 26.7 Å². The first-order chi connectivity index (χ1) is 10.6. The van der Waals surface area contributed by atoms with E-state index in [0.717, 1.165) is 5.56 Å². The summed E-state index contributed by atoms with van der Waals surface area (Å²) in [5.41, 5.74) is 3.31. The molecule has 0 aromatic heterocycles. The van der Waals surface area contributed by atoms with E-state index in [9.17, 15) is 9.59 Å². The Labute approximate surface area is 130 Å². The largest absolute Gasteiger partial charge is 0.462 e. The number of esters is 1. The monoisotopic (exact) mass is 296 g/mol. The van der Waals surface area contributed by atoms with Crippen molar-refractivity contribution in [1.29, 1.82) is 0 Å². The fraction of sp³-hybridized carbons (Fsp3) is 0.263. The van der Waals surface area contributed by atoms with Crippen molar-refractivity contribution in [1.82, 2.24) is 0 Å². The molecule has 0 fully saturated rings. The van der Waals surface area contributed by atoms with Gasteiger partial charge < -0.3 is 4.74 Å². The summed E-state index contributed by atoms with van der Waals surface area (Å²) >= 11 is 0. The average Bonchev–Trinajstić information content (AvgIpc) is 2.53. The van der Waals surface area contributed by atoms with Crippen molar-refractivity contribution >= 4 is 11.8 Å². The molecule has 0 radical (unpaired) electrons. The lowest BCUT2D eigenvalue weighted by Crippen LogP contribution is -2.07. The molecule has 0 amide bonds. The summed E-state index contributed by atoms with van der Waals surface area (Å²) in [6.45, 7) is 4.12. The quantitative estimate of drug-likeness (QED) is 0.598. The summed E-state index contributed by atoms with van der Waals surface area (Å²) < 4.78 is 4.95. The number of aryl methyl sites for hydroxylation is 2. The van der Waals surface area contributed by atoms with E-state index >= 15 is 0 Å². The van der Waals surface area contributed by atoms with Gasteiger partial charge in [-0.1, -0.05) is 42.0 Å². The first kappa shape index (κ1) is 16.0. The van der Waals surface area contributed by atoms with Gasteiger partial charge in [-0.15, -0.1) is 0 Å². The van der Waals surface area contributed by atoms with Gasteiger partial charge in [-0.25, -0.2) is 4.79 Å². The maximum atomic E-state index is 12.3. The standard InChI is InChI=1S/C19H20O3/c1-3-22-19(21)17-9-5-8-16(13-17)18(20)11-10-15-7-4-6-14(2)12-15/h4-9,12-13H,3,10-11H2,1-2H3. The summed E-state index contributed by atoms with van der Waals surface area (Å²) in [6.07, 6.45) is 1.12. The Hall–Kier alpha value is -2.42. The van der Waals surface area contributed by atoms with Gasteiger partial charge in [0.2, 0.25) is 0 Å². The Morgan fingerprint density at radius 3 is 2.45 bits per heavy atom. The van der Waals surface area contributed by atoms with Gasteiger partial charge in [-0.3, -0.25) is 4.79 Å². The van der Waals surface area contributed by atoms with Crippen LogP contribution in [0.5, 0.6) is 0 Å². The number of benzene rings is 2. The van der Waals surface area contributed by atoms with Gasteiger partial charge in [0.25, 0.3) is 0 Å². The first-order valence-corrected chi connectivity index (χ1v) is 7.46. The van der Waals surface area contributed by atoms with Crippen molar-refractivity contribution in [3.05, 3.63) is 70.8 Å². The number of carbonyl (C=O) groups is 2. The Balaban J connectivity index is 2.03. The molecule has 0 unspecified atom stereocenters. The van der Waals surface area contributed by atoms with Crippen LogP contribution >= 0.6 is 0 Å². The first-order valence-electron chi connectivity index (χ1n) is 7.46. The SMILES string of the molecule is CCOC(=O)c1cccc(C(=O)CCc2cccc(C)c2)c1. The van der Waals surface area contributed by atoms with Gasteiger partial charge in [0.05, 0.1) is 12.2 Å². The van der Waals surface area contributed by atoms with E-state index in [0.29, 0.717) is 30.6 Å². The summed E-state index contributed by atoms with van der Waals surface area (Å²) in [6, 6.07) is 14.9. The maximum Gasteiger partial charge on any atom is 0.338 e. The Kier molecular flexibility index (Phi) is 5.48. The van der Waals surface area contributed by atoms with E-state index in [4.69, 9.17) is 4.74 Å². The van der Waals surface area contributed by atoms with Crippen LogP contribution < -0.4 is 0 Å². The van der Waals surface area contributed by atoms with Crippen LogP contribution in [0.1, 0.15) is 45.2 Å². The van der Waals surface area contributed by atoms with E-state index in [-0.39, 0.29) is 5.78 Å². The van der Waals surface area contributed by atoms with E-state index in [1.165, 1.54) is 5.56 Å². The van der Waals surface area contributed by atoms with Crippen LogP contribution in [-0.2, 0) is 11.2 Å². The topological polar surface area (TPSA) is 43.4 Å². The van der Waals surface area contributed by atoms with Crippen molar-refractivity contribution < 1.29 is 14.3 Å². The Bertz CT molecular complexity index is 674. The van der Waals surface area contributed by atoms with E-state index < -0.39 is 5.97 Å². The van der Waals surface area contributed by atoms with Crippen LogP contribution in [0.3, 0.4) is 0 Å². The van der Waals surface area contributed by atoms with Crippen LogP contribution in [-0.4, -0.2) is 18.4 Å². The highest BCUT2D eigenvalue weighted by atomic mass is 16.5. The number of rotatable bonds is 6. The van der Waals surface area contributed by atoms with E-state index in [1.807, 2.05) is 25.1 Å². The molecule has 0 N–H and O–H groups in total. The molecular weight excluding hydrogens is 276 g/mol. The predicted octanol–water partition coefficient (Wildman–Crippen LogP) is 3.99. The lowest BCUT2D eigenvalue weighted by Gasteiger charge is -2.05. The minimum absolute atomic E-state index is 0.0349. The minimum atomic E-state index is -0.393. The van der Waals surface area contributed by atoms with Gasteiger partial charge in [0, 0.05) is 12.0 Å². The van der Waals surface area contributed by atoms with Gasteiger partial charge in [0.1, 0.15) is 0 Å². The maximum absolute atomic E-state index is 12.3. The number of hydrogen-bond donors (Lipinski definition) is 0. The molecule has 0 aliphatic carbocycles. The van der Waals surface area contributed by atoms with Gasteiger partial charge >= 0.3 is 5.97 Å². The molecule has 0 heterocycles. The Morgan fingerprint density at radius 2 is 1.73 bits per heavy atom. The molecule has 0 aliphatic heterocycles. The highest BCUT2D eigenvalue weighted by Crippen LogP contribution is 2.12. The van der Waals surface area contributed by atoms with Crippen molar-refractivity contribution in [2.75, 3.05) is 6.61 Å². The van der Waals surface area contributed by atoms with Crippen LogP contribution in [0.2, 0.25) is 0 Å². The summed E-state index contributed by atoms with van der Waals surface area (Å²) in [7, 11) is 0. The molecule has 0 saturated carbocycles. The number of carbonyl (C=O) groups excluding carboxylic acids is 2. The second-order valence-electron chi connectivity index (χ2n) is 5.21. The molecule has 3 heteroatoms. The van der Waals surface area contributed by atoms with Crippen molar-refractivity contribution in [3.63, 3.8) is 0 Å². The lowest BCUT2D eigenvalue weighted by molar-refractivity contribution is 0.0526. The van der Waals surface area contributed by atoms with Crippen molar-refractivity contribution in [2.24, 2.45) is 0 Å². The third-order valence-corrected chi connectivity index (χ3v) is 3.42. The summed E-state index contributed by atoms with van der Waals surface area (Å²) in [4.78, 5) is 24.0. The summed E-state index contributed by atoms with van der Waals surface area (Å²) in [5.74, 6) is -0.358. The Morgan fingerprint density at radius 1 is 1.00 bits per heavy atom. The second-order valence-corrected chi connectivity index (χ2v) is 5.21. The number of hydrogen-bond acceptors (Lipinski definition) is 3. The predicted molar refractivity (Wildman–Crippen MR) is 86.2 cm³/mol. The average molecular weight is 296 g/mol. The molecule has 0 atom stereocenters. The number of ether oxygens (including phenoxy) is 1. The molecule has 22 heavy (non-hydrogen) atoms. The highest BCUT2D eigenvalue weighted by molar-refractivity contribution is 5.99. The molecule has 0 aliphatic rings. The molecule has 3 nitrogen and oxygen atoms in total. The summed E-state index contributed by atoms with van der Waals surface area (Å²) in [5, 5.41) is 0. The fourth-order valence-electron chi connectivity index (χ4n) is 2.30. The molecule has 0 bridgehead atoms. The zero-order chi connectivity index (χ0) is 15.9. The minimum Gasteiger partial charge on any atom is -0.462 e. The molecule has 0 saturated heterocycles. The molecular formula is C19H20O3. The second kappa shape index (κ2) is 7.55. The van der Waals surface area contributed by atoms with Crippen LogP contribution in [0.15, 0.2) is 48.5 Å². The zero-order valence-corrected chi connectivity index (χ0v) is 13.0. The third-order valence-electron chi connectivity index (χ3n) is 3.42. The fourth-order valence-corrected chi connectivity index (χ4v) is 2.30. The van der Waals surface area contributed by atoms with Gasteiger partial charge in [-0.2, -0.15) is 0 Å².